The van der Waals surface area contributed by atoms with E-state index in [4.69, 9.17) is 5.11 Å². The van der Waals surface area contributed by atoms with E-state index in [9.17, 15) is 14.4 Å². The molecule has 1 aliphatic carbocycles. The molecule has 0 radical (unpaired) electrons. The standard InChI is InChI=1S/C14H23N3O4/c1-9(18)15-8-10-4-6-17(7-5-10)14(21)16-12(13(19)20)11-2-3-11/h10-12H,2-8H2,1H3,(H,15,18)(H,16,21)(H,19,20). The van der Waals surface area contributed by atoms with Crippen molar-refractivity contribution in [2.75, 3.05) is 19.6 Å². The Morgan fingerprint density at radius 1 is 1.19 bits per heavy atom. The minimum atomic E-state index is -0.952. The van der Waals surface area contributed by atoms with Gasteiger partial charge in [0, 0.05) is 26.6 Å². The highest BCUT2D eigenvalue weighted by Gasteiger charge is 2.38. The quantitative estimate of drug-likeness (QED) is 0.684. The summed E-state index contributed by atoms with van der Waals surface area (Å²) in [6.07, 6.45) is 3.40. The van der Waals surface area contributed by atoms with Gasteiger partial charge in [0.05, 0.1) is 0 Å². The number of carbonyl (C=O) groups excluding carboxylic acids is 2. The molecule has 1 aliphatic heterocycles. The molecule has 0 aromatic rings. The zero-order chi connectivity index (χ0) is 15.4. The van der Waals surface area contributed by atoms with Gasteiger partial charge >= 0.3 is 12.0 Å². The van der Waals surface area contributed by atoms with Crippen LogP contribution in [0.3, 0.4) is 0 Å². The lowest BCUT2D eigenvalue weighted by Gasteiger charge is -2.32. The third-order valence-corrected chi connectivity index (χ3v) is 4.18. The maximum absolute atomic E-state index is 12.1. The van der Waals surface area contributed by atoms with Crippen LogP contribution in [0.15, 0.2) is 0 Å². The second-order valence-electron chi connectivity index (χ2n) is 5.97. The Bertz CT molecular complexity index is 414. The predicted octanol–water partition coefficient (Wildman–Crippen LogP) is 0.407. The largest absolute Gasteiger partial charge is 0.480 e. The highest BCUT2D eigenvalue weighted by Crippen LogP contribution is 2.32. The summed E-state index contributed by atoms with van der Waals surface area (Å²) in [6.45, 7) is 3.34. The van der Waals surface area contributed by atoms with Crippen LogP contribution in [-0.4, -0.2) is 53.6 Å². The summed E-state index contributed by atoms with van der Waals surface area (Å²) < 4.78 is 0. The molecule has 7 heteroatoms. The number of likely N-dealkylation sites (tertiary alicyclic amines) is 1. The molecule has 1 saturated heterocycles. The highest BCUT2D eigenvalue weighted by atomic mass is 16.4. The molecule has 3 amide bonds. The number of carbonyl (C=O) groups is 3. The summed E-state index contributed by atoms with van der Waals surface area (Å²) in [5, 5.41) is 14.5. The number of aliphatic carboxylic acids is 1. The van der Waals surface area contributed by atoms with E-state index in [1.54, 1.807) is 4.90 Å². The summed E-state index contributed by atoms with van der Waals surface area (Å²) in [5.41, 5.74) is 0. The van der Waals surface area contributed by atoms with Crippen molar-refractivity contribution in [3.05, 3.63) is 0 Å². The number of nitrogens with zero attached hydrogens (tertiary/aromatic N) is 1. The SMILES string of the molecule is CC(=O)NCC1CCN(C(=O)NC(C(=O)O)C2CC2)CC1. The van der Waals surface area contributed by atoms with E-state index in [1.807, 2.05) is 0 Å². The van der Waals surface area contributed by atoms with Crippen LogP contribution >= 0.6 is 0 Å². The Hall–Kier alpha value is -1.79. The molecule has 7 nitrogen and oxygen atoms in total. The Morgan fingerprint density at radius 2 is 1.81 bits per heavy atom. The van der Waals surface area contributed by atoms with E-state index in [0.717, 1.165) is 25.7 Å². The average Bonchev–Trinajstić information content (AvgIpc) is 3.27. The van der Waals surface area contributed by atoms with E-state index < -0.39 is 12.0 Å². The Balaban J connectivity index is 1.74. The normalized spacial score (nSPS) is 20.7. The molecule has 2 rings (SSSR count). The van der Waals surface area contributed by atoms with Gasteiger partial charge in [0.2, 0.25) is 5.91 Å². The van der Waals surface area contributed by atoms with Crippen LogP contribution in [0.4, 0.5) is 4.79 Å². The molecule has 1 saturated carbocycles. The van der Waals surface area contributed by atoms with Crippen molar-refractivity contribution in [2.45, 2.75) is 38.6 Å². The van der Waals surface area contributed by atoms with Gasteiger partial charge in [-0.1, -0.05) is 0 Å². The molecule has 0 spiro atoms. The predicted molar refractivity (Wildman–Crippen MR) is 75.7 cm³/mol. The first-order chi connectivity index (χ1) is 9.97. The molecule has 1 unspecified atom stereocenters. The van der Waals surface area contributed by atoms with Gasteiger partial charge in [-0.3, -0.25) is 4.79 Å². The van der Waals surface area contributed by atoms with E-state index in [0.29, 0.717) is 25.6 Å². The first-order valence-corrected chi connectivity index (χ1v) is 7.50. The van der Waals surface area contributed by atoms with Crippen LogP contribution in [0.25, 0.3) is 0 Å². The Kier molecular flexibility index (Phi) is 5.03. The first-order valence-electron chi connectivity index (χ1n) is 7.50. The van der Waals surface area contributed by atoms with Crippen molar-refractivity contribution in [1.29, 1.82) is 0 Å². The molecular formula is C14H23N3O4. The second kappa shape index (κ2) is 6.78. The Morgan fingerprint density at radius 3 is 2.29 bits per heavy atom. The molecule has 1 heterocycles. The summed E-state index contributed by atoms with van der Waals surface area (Å²) in [5.74, 6) is -0.518. The average molecular weight is 297 g/mol. The van der Waals surface area contributed by atoms with Crippen LogP contribution in [0.2, 0.25) is 0 Å². The third kappa shape index (κ3) is 4.61. The molecule has 3 N–H and O–H groups in total. The van der Waals surface area contributed by atoms with Crippen LogP contribution in [0.1, 0.15) is 32.6 Å². The van der Waals surface area contributed by atoms with Crippen molar-refractivity contribution in [3.63, 3.8) is 0 Å². The van der Waals surface area contributed by atoms with Gasteiger partial charge in [-0.2, -0.15) is 0 Å². The number of carboxylic acids is 1. The van der Waals surface area contributed by atoms with Crippen molar-refractivity contribution < 1.29 is 19.5 Å². The number of piperidine rings is 1. The molecule has 118 valence electrons. The molecule has 2 fully saturated rings. The van der Waals surface area contributed by atoms with Crippen LogP contribution in [-0.2, 0) is 9.59 Å². The lowest BCUT2D eigenvalue weighted by atomic mass is 9.97. The molecule has 0 aromatic carbocycles. The fourth-order valence-corrected chi connectivity index (χ4v) is 2.66. The molecule has 1 atom stereocenters. The summed E-state index contributed by atoms with van der Waals surface area (Å²) in [6, 6.07) is -1.04. The third-order valence-electron chi connectivity index (χ3n) is 4.18. The first kappa shape index (κ1) is 15.6. The van der Waals surface area contributed by atoms with Gasteiger partial charge in [-0.05, 0) is 37.5 Å². The molecule has 2 aliphatic rings. The van der Waals surface area contributed by atoms with E-state index >= 15 is 0 Å². The number of urea groups is 1. The number of amides is 3. The second-order valence-corrected chi connectivity index (χ2v) is 5.97. The minimum absolute atomic E-state index is 0.0380. The summed E-state index contributed by atoms with van der Waals surface area (Å²) >= 11 is 0. The Labute approximate surface area is 124 Å². The van der Waals surface area contributed by atoms with Crippen molar-refractivity contribution in [1.82, 2.24) is 15.5 Å². The molecule has 0 bridgehead atoms. The van der Waals surface area contributed by atoms with Gasteiger partial charge in [0.15, 0.2) is 0 Å². The van der Waals surface area contributed by atoms with Crippen LogP contribution in [0, 0.1) is 11.8 Å². The number of carboxylic acid groups (broad SMARTS) is 1. The number of hydrogen-bond donors (Lipinski definition) is 3. The molecule has 0 aromatic heterocycles. The monoisotopic (exact) mass is 297 g/mol. The minimum Gasteiger partial charge on any atom is -0.480 e. The highest BCUT2D eigenvalue weighted by molar-refractivity contribution is 5.83. The fourth-order valence-electron chi connectivity index (χ4n) is 2.66. The van der Waals surface area contributed by atoms with Gasteiger partial charge in [-0.25, -0.2) is 9.59 Å². The zero-order valence-electron chi connectivity index (χ0n) is 12.3. The summed E-state index contributed by atoms with van der Waals surface area (Å²) in [4.78, 5) is 35.8. The van der Waals surface area contributed by atoms with Gasteiger partial charge in [0.25, 0.3) is 0 Å². The lowest BCUT2D eigenvalue weighted by molar-refractivity contribution is -0.139. The summed E-state index contributed by atoms with van der Waals surface area (Å²) in [7, 11) is 0. The van der Waals surface area contributed by atoms with Crippen molar-refractivity contribution in [2.24, 2.45) is 11.8 Å². The maximum Gasteiger partial charge on any atom is 0.326 e. The van der Waals surface area contributed by atoms with E-state index in [-0.39, 0.29) is 17.9 Å². The fraction of sp³-hybridized carbons (Fsp3) is 0.786. The maximum atomic E-state index is 12.1. The van der Waals surface area contributed by atoms with Crippen molar-refractivity contribution in [3.8, 4) is 0 Å². The van der Waals surface area contributed by atoms with Crippen LogP contribution < -0.4 is 10.6 Å². The zero-order valence-corrected chi connectivity index (χ0v) is 12.3. The van der Waals surface area contributed by atoms with Gasteiger partial charge in [0.1, 0.15) is 6.04 Å². The van der Waals surface area contributed by atoms with Crippen molar-refractivity contribution >= 4 is 17.9 Å². The number of nitrogens with one attached hydrogen (secondary N) is 2. The number of hydrogen-bond acceptors (Lipinski definition) is 3. The lowest BCUT2D eigenvalue weighted by Crippen LogP contribution is -2.51. The van der Waals surface area contributed by atoms with Gasteiger partial charge < -0.3 is 20.6 Å². The van der Waals surface area contributed by atoms with E-state index in [2.05, 4.69) is 10.6 Å². The molecular weight excluding hydrogens is 274 g/mol. The van der Waals surface area contributed by atoms with E-state index in [1.165, 1.54) is 6.92 Å². The molecule has 21 heavy (non-hydrogen) atoms. The number of rotatable bonds is 5. The topological polar surface area (TPSA) is 98.7 Å². The smallest absolute Gasteiger partial charge is 0.326 e. The van der Waals surface area contributed by atoms with Gasteiger partial charge in [-0.15, -0.1) is 0 Å². The van der Waals surface area contributed by atoms with Crippen LogP contribution in [0.5, 0.6) is 0 Å².